The van der Waals surface area contributed by atoms with E-state index in [1.54, 1.807) is 18.2 Å². The summed E-state index contributed by atoms with van der Waals surface area (Å²) >= 11 is 11.8. The summed E-state index contributed by atoms with van der Waals surface area (Å²) < 4.78 is 0. The Hall–Kier alpha value is -0.610. The van der Waals surface area contributed by atoms with Crippen LogP contribution in [0.3, 0.4) is 0 Å². The number of halogens is 2. The number of Topliss-reactive ketones (excluding diaryl/α,β-unsaturated/α-hetero) is 1. The highest BCUT2D eigenvalue weighted by atomic mass is 35.5. The zero-order valence-electron chi connectivity index (χ0n) is 11.7. The highest BCUT2D eigenvalue weighted by Crippen LogP contribution is 2.23. The largest absolute Gasteiger partial charge is 0.319 e. The van der Waals surface area contributed by atoms with Gasteiger partial charge in [0.2, 0.25) is 0 Å². The van der Waals surface area contributed by atoms with E-state index in [-0.39, 0.29) is 5.78 Å². The summed E-state index contributed by atoms with van der Waals surface area (Å²) in [5.41, 5.74) is 0.634. The first kappa shape index (κ1) is 15.8. The van der Waals surface area contributed by atoms with E-state index in [9.17, 15) is 4.79 Å². The number of benzene rings is 1. The third-order valence-electron chi connectivity index (χ3n) is 3.70. The summed E-state index contributed by atoms with van der Waals surface area (Å²) in [5, 5.41) is 4.13. The molecule has 2 rings (SSSR count). The van der Waals surface area contributed by atoms with Crippen molar-refractivity contribution in [3.63, 3.8) is 0 Å². The second-order valence-electron chi connectivity index (χ2n) is 5.35. The number of carbonyl (C=O) groups excluding carboxylic acids is 1. The highest BCUT2D eigenvalue weighted by molar-refractivity contribution is 6.42. The van der Waals surface area contributed by atoms with Crippen LogP contribution >= 0.6 is 23.2 Å². The number of carbonyl (C=O) groups is 1. The molecule has 1 N–H and O–H groups in total. The van der Waals surface area contributed by atoms with Gasteiger partial charge in [-0.1, -0.05) is 23.2 Å². The Morgan fingerprint density at radius 1 is 1.40 bits per heavy atom. The topological polar surface area (TPSA) is 32.3 Å². The Morgan fingerprint density at radius 2 is 2.20 bits per heavy atom. The number of piperidine rings is 1. The number of nitrogens with one attached hydrogen (secondary N) is 1. The van der Waals surface area contributed by atoms with Crippen LogP contribution in [-0.2, 0) is 0 Å². The predicted molar refractivity (Wildman–Crippen MR) is 83.9 cm³/mol. The van der Waals surface area contributed by atoms with Crippen LogP contribution in [0.15, 0.2) is 18.2 Å². The van der Waals surface area contributed by atoms with Crippen LogP contribution in [0.25, 0.3) is 0 Å². The van der Waals surface area contributed by atoms with Gasteiger partial charge < -0.3 is 5.32 Å². The van der Waals surface area contributed by atoms with Crippen molar-refractivity contribution in [2.75, 3.05) is 33.2 Å². The SMILES string of the molecule is CNCC1CCCN(CC(=O)c2ccc(Cl)c(Cl)c2)C1. The number of nitrogens with zero attached hydrogens (tertiary/aromatic N) is 1. The van der Waals surface area contributed by atoms with Crippen molar-refractivity contribution >= 4 is 29.0 Å². The molecule has 3 nitrogen and oxygen atoms in total. The smallest absolute Gasteiger partial charge is 0.176 e. The van der Waals surface area contributed by atoms with Gasteiger partial charge in [-0.05, 0) is 57.1 Å². The molecular weight excluding hydrogens is 295 g/mol. The Kier molecular flexibility index (Phi) is 5.85. The summed E-state index contributed by atoms with van der Waals surface area (Å²) in [7, 11) is 1.97. The Balaban J connectivity index is 1.95. The Morgan fingerprint density at radius 3 is 2.90 bits per heavy atom. The number of ketones is 1. The molecule has 0 aliphatic carbocycles. The van der Waals surface area contributed by atoms with Crippen molar-refractivity contribution in [3.8, 4) is 0 Å². The molecule has 0 saturated carbocycles. The van der Waals surface area contributed by atoms with Crippen molar-refractivity contribution in [3.05, 3.63) is 33.8 Å². The minimum Gasteiger partial charge on any atom is -0.319 e. The molecule has 1 heterocycles. The van der Waals surface area contributed by atoms with Crippen molar-refractivity contribution in [2.45, 2.75) is 12.8 Å². The normalized spacial score (nSPS) is 20.1. The summed E-state index contributed by atoms with van der Waals surface area (Å²) in [4.78, 5) is 14.5. The Labute approximate surface area is 130 Å². The minimum atomic E-state index is 0.105. The number of hydrogen-bond donors (Lipinski definition) is 1. The van der Waals surface area contributed by atoms with Gasteiger partial charge >= 0.3 is 0 Å². The van der Waals surface area contributed by atoms with E-state index in [4.69, 9.17) is 23.2 Å². The van der Waals surface area contributed by atoms with Crippen LogP contribution < -0.4 is 5.32 Å². The van der Waals surface area contributed by atoms with Crippen molar-refractivity contribution in [2.24, 2.45) is 5.92 Å². The quantitative estimate of drug-likeness (QED) is 0.848. The molecule has 1 unspecified atom stereocenters. The second kappa shape index (κ2) is 7.41. The average molecular weight is 315 g/mol. The van der Waals surface area contributed by atoms with Crippen molar-refractivity contribution < 1.29 is 4.79 Å². The minimum absolute atomic E-state index is 0.105. The number of likely N-dealkylation sites (tertiary alicyclic amines) is 1. The fourth-order valence-corrected chi connectivity index (χ4v) is 3.01. The molecular formula is C15H20Cl2N2O. The van der Waals surface area contributed by atoms with Crippen LogP contribution in [0, 0.1) is 5.92 Å². The van der Waals surface area contributed by atoms with Crippen molar-refractivity contribution in [1.82, 2.24) is 10.2 Å². The molecule has 0 bridgehead atoms. The van der Waals surface area contributed by atoms with Crippen LogP contribution in [0.1, 0.15) is 23.2 Å². The molecule has 1 aromatic carbocycles. The van der Waals surface area contributed by atoms with Crippen LogP contribution in [0.5, 0.6) is 0 Å². The van der Waals surface area contributed by atoms with Gasteiger partial charge in [0.25, 0.3) is 0 Å². The molecule has 5 heteroatoms. The van der Waals surface area contributed by atoms with Crippen LogP contribution in [0.2, 0.25) is 10.0 Å². The fraction of sp³-hybridized carbons (Fsp3) is 0.533. The molecule has 1 saturated heterocycles. The van der Waals surface area contributed by atoms with E-state index < -0.39 is 0 Å². The zero-order chi connectivity index (χ0) is 14.5. The number of hydrogen-bond acceptors (Lipinski definition) is 3. The van der Waals surface area contributed by atoms with E-state index >= 15 is 0 Å². The standard InChI is InChI=1S/C15H20Cl2N2O/c1-18-8-11-3-2-6-19(9-11)10-15(20)12-4-5-13(16)14(17)7-12/h4-5,7,11,18H,2-3,6,8-10H2,1H3. The molecule has 110 valence electrons. The van der Waals surface area contributed by atoms with Crippen LogP contribution in [0.4, 0.5) is 0 Å². The van der Waals surface area contributed by atoms with Gasteiger partial charge in [0.15, 0.2) is 5.78 Å². The van der Waals surface area contributed by atoms with Gasteiger partial charge in [0.05, 0.1) is 16.6 Å². The first-order valence-electron chi connectivity index (χ1n) is 6.95. The molecule has 0 aromatic heterocycles. The van der Waals surface area contributed by atoms with Gasteiger partial charge in [0, 0.05) is 12.1 Å². The lowest BCUT2D eigenvalue weighted by Crippen LogP contribution is -2.41. The molecule has 1 aliphatic heterocycles. The molecule has 0 radical (unpaired) electrons. The van der Waals surface area contributed by atoms with Gasteiger partial charge in [0.1, 0.15) is 0 Å². The first-order valence-corrected chi connectivity index (χ1v) is 7.71. The van der Waals surface area contributed by atoms with E-state index in [1.165, 1.54) is 6.42 Å². The molecule has 1 fully saturated rings. The molecule has 1 atom stereocenters. The van der Waals surface area contributed by atoms with Gasteiger partial charge in [-0.15, -0.1) is 0 Å². The second-order valence-corrected chi connectivity index (χ2v) is 6.17. The van der Waals surface area contributed by atoms with Crippen molar-refractivity contribution in [1.29, 1.82) is 0 Å². The molecule has 0 amide bonds. The highest BCUT2D eigenvalue weighted by Gasteiger charge is 2.21. The average Bonchev–Trinajstić information content (AvgIpc) is 2.42. The van der Waals surface area contributed by atoms with Gasteiger partial charge in [-0.25, -0.2) is 0 Å². The lowest BCUT2D eigenvalue weighted by molar-refractivity contribution is 0.0886. The first-order chi connectivity index (χ1) is 9.60. The summed E-state index contributed by atoms with van der Waals surface area (Å²) in [6, 6.07) is 5.07. The number of rotatable bonds is 5. The van der Waals surface area contributed by atoms with E-state index in [0.717, 1.165) is 26.1 Å². The third kappa shape index (κ3) is 4.19. The van der Waals surface area contributed by atoms with Gasteiger partial charge in [-0.3, -0.25) is 9.69 Å². The molecule has 0 spiro atoms. The van der Waals surface area contributed by atoms with Crippen LogP contribution in [-0.4, -0.2) is 43.9 Å². The summed E-state index contributed by atoms with van der Waals surface area (Å²) in [5.74, 6) is 0.740. The molecule has 1 aromatic rings. The Bertz CT molecular complexity index is 477. The monoisotopic (exact) mass is 314 g/mol. The maximum absolute atomic E-state index is 12.3. The zero-order valence-corrected chi connectivity index (χ0v) is 13.2. The molecule has 1 aliphatic rings. The maximum atomic E-state index is 12.3. The van der Waals surface area contributed by atoms with E-state index in [1.807, 2.05) is 7.05 Å². The maximum Gasteiger partial charge on any atom is 0.176 e. The van der Waals surface area contributed by atoms with Gasteiger partial charge in [-0.2, -0.15) is 0 Å². The van der Waals surface area contributed by atoms with E-state index in [0.29, 0.717) is 28.1 Å². The lowest BCUT2D eigenvalue weighted by atomic mass is 9.97. The summed E-state index contributed by atoms with van der Waals surface area (Å²) in [6.45, 7) is 3.44. The third-order valence-corrected chi connectivity index (χ3v) is 4.44. The molecule has 20 heavy (non-hydrogen) atoms. The summed E-state index contributed by atoms with van der Waals surface area (Å²) in [6.07, 6.45) is 2.39. The fourth-order valence-electron chi connectivity index (χ4n) is 2.71. The lowest BCUT2D eigenvalue weighted by Gasteiger charge is -2.32. The van der Waals surface area contributed by atoms with E-state index in [2.05, 4.69) is 10.2 Å². The predicted octanol–water partition coefficient (Wildman–Crippen LogP) is 3.11.